The molecule has 0 N–H and O–H groups in total. The number of benzene rings is 1. The lowest BCUT2D eigenvalue weighted by atomic mass is 10.3. The van der Waals surface area contributed by atoms with Crippen molar-refractivity contribution in [3.63, 3.8) is 0 Å². The third kappa shape index (κ3) is 3.48. The predicted octanol–water partition coefficient (Wildman–Crippen LogP) is 0.407. The summed E-state index contributed by atoms with van der Waals surface area (Å²) in [6.07, 6.45) is 2.28. The number of hydrogen-bond donors (Lipinski definition) is 0. The van der Waals surface area contributed by atoms with Gasteiger partial charge in [0, 0.05) is 39.3 Å². The van der Waals surface area contributed by atoms with Crippen LogP contribution in [-0.2, 0) is 4.79 Å². The van der Waals surface area contributed by atoms with Gasteiger partial charge in [0.2, 0.25) is 11.9 Å². The quantitative estimate of drug-likeness (QED) is 0.802. The van der Waals surface area contributed by atoms with Gasteiger partial charge in [-0.3, -0.25) is 9.69 Å². The molecule has 1 aromatic carbocycles. The topological polar surface area (TPSA) is 70.4 Å². The Balaban J connectivity index is 1.36. The number of carbonyl (C=O) groups is 1. The van der Waals surface area contributed by atoms with Gasteiger partial charge in [-0.15, -0.1) is 0 Å². The fraction of sp³-hybridized carbons (Fsp3) is 0.529. The van der Waals surface area contributed by atoms with Gasteiger partial charge in [-0.05, 0) is 35.4 Å². The maximum atomic E-state index is 12.3. The molecule has 1 amide bonds. The third-order valence-electron chi connectivity index (χ3n) is 4.93. The first kappa shape index (κ1) is 16.0. The van der Waals surface area contributed by atoms with Crippen molar-refractivity contribution in [1.82, 2.24) is 30.0 Å². The van der Waals surface area contributed by atoms with Crippen LogP contribution in [0.5, 0.6) is 0 Å². The molecule has 0 bridgehead atoms. The summed E-state index contributed by atoms with van der Waals surface area (Å²) < 4.78 is 1.77. The smallest absolute Gasteiger partial charge is 0.250 e. The van der Waals surface area contributed by atoms with Crippen LogP contribution in [0.3, 0.4) is 0 Å². The molecule has 25 heavy (non-hydrogen) atoms. The van der Waals surface area contributed by atoms with E-state index in [1.54, 1.807) is 4.68 Å². The van der Waals surface area contributed by atoms with Gasteiger partial charge in [0.05, 0.1) is 12.2 Å². The Hall–Kier alpha value is -2.48. The van der Waals surface area contributed by atoms with Crippen LogP contribution in [0.1, 0.15) is 12.8 Å². The van der Waals surface area contributed by atoms with Gasteiger partial charge in [0.25, 0.3) is 0 Å². The molecule has 0 unspecified atom stereocenters. The minimum atomic E-state index is 0.264. The number of hydrogen-bond acceptors (Lipinski definition) is 6. The number of nitrogens with zero attached hydrogens (tertiary/aromatic N) is 7. The van der Waals surface area contributed by atoms with E-state index in [9.17, 15) is 4.79 Å². The number of piperazine rings is 1. The van der Waals surface area contributed by atoms with Crippen LogP contribution in [0.25, 0.3) is 5.69 Å². The molecule has 0 saturated carbocycles. The van der Waals surface area contributed by atoms with Gasteiger partial charge in [-0.2, -0.15) is 4.68 Å². The monoisotopic (exact) mass is 341 g/mol. The van der Waals surface area contributed by atoms with Gasteiger partial charge >= 0.3 is 0 Å². The molecule has 2 saturated heterocycles. The summed E-state index contributed by atoms with van der Waals surface area (Å²) in [6, 6.07) is 9.91. The van der Waals surface area contributed by atoms with Crippen LogP contribution in [0.4, 0.5) is 5.95 Å². The zero-order chi connectivity index (χ0) is 17.1. The zero-order valence-electron chi connectivity index (χ0n) is 14.3. The molecule has 132 valence electrons. The number of carbonyl (C=O) groups excluding carboxylic acids is 1. The number of likely N-dealkylation sites (tertiary alicyclic amines) is 1. The highest BCUT2D eigenvalue weighted by atomic mass is 16.2. The summed E-state index contributed by atoms with van der Waals surface area (Å²) in [6.45, 7) is 5.70. The van der Waals surface area contributed by atoms with Crippen molar-refractivity contribution in [3.05, 3.63) is 30.3 Å². The lowest BCUT2D eigenvalue weighted by Gasteiger charge is -2.35. The number of amides is 1. The zero-order valence-corrected chi connectivity index (χ0v) is 14.3. The normalized spacial score (nSPS) is 18.7. The number of anilines is 1. The summed E-state index contributed by atoms with van der Waals surface area (Å²) in [7, 11) is 0. The maximum absolute atomic E-state index is 12.3. The van der Waals surface area contributed by atoms with Crippen molar-refractivity contribution in [2.45, 2.75) is 12.8 Å². The Kier molecular flexibility index (Phi) is 4.60. The molecule has 2 fully saturated rings. The summed E-state index contributed by atoms with van der Waals surface area (Å²) in [4.78, 5) is 18.7. The minimum absolute atomic E-state index is 0.264. The van der Waals surface area contributed by atoms with Gasteiger partial charge in [0.15, 0.2) is 0 Å². The summed E-state index contributed by atoms with van der Waals surface area (Å²) in [5, 5.41) is 12.2. The van der Waals surface area contributed by atoms with Gasteiger partial charge < -0.3 is 9.80 Å². The van der Waals surface area contributed by atoms with Crippen molar-refractivity contribution in [2.24, 2.45) is 0 Å². The Bertz CT molecular complexity index is 703. The van der Waals surface area contributed by atoms with E-state index in [2.05, 4.69) is 25.3 Å². The highest BCUT2D eigenvalue weighted by Gasteiger charge is 2.25. The highest BCUT2D eigenvalue weighted by Crippen LogP contribution is 2.17. The van der Waals surface area contributed by atoms with Crippen LogP contribution in [0.2, 0.25) is 0 Å². The number of aromatic nitrogens is 4. The van der Waals surface area contributed by atoms with Crippen molar-refractivity contribution in [2.75, 3.05) is 50.7 Å². The first-order valence-electron chi connectivity index (χ1n) is 8.90. The fourth-order valence-corrected chi connectivity index (χ4v) is 3.48. The molecule has 0 spiro atoms. The molecule has 8 nitrogen and oxygen atoms in total. The van der Waals surface area contributed by atoms with Crippen LogP contribution >= 0.6 is 0 Å². The van der Waals surface area contributed by atoms with Gasteiger partial charge in [0.1, 0.15) is 0 Å². The Labute approximate surface area is 147 Å². The lowest BCUT2D eigenvalue weighted by Crippen LogP contribution is -2.50. The van der Waals surface area contributed by atoms with Crippen LogP contribution in [0.15, 0.2) is 30.3 Å². The van der Waals surface area contributed by atoms with Crippen LogP contribution < -0.4 is 4.90 Å². The number of tetrazole rings is 1. The first-order valence-corrected chi connectivity index (χ1v) is 8.90. The maximum Gasteiger partial charge on any atom is 0.250 e. The Morgan fingerprint density at radius 3 is 2.40 bits per heavy atom. The lowest BCUT2D eigenvalue weighted by molar-refractivity contribution is -0.131. The number of rotatable bonds is 4. The van der Waals surface area contributed by atoms with Crippen LogP contribution in [-0.4, -0.2) is 81.7 Å². The molecule has 0 aliphatic carbocycles. The predicted molar refractivity (Wildman–Crippen MR) is 93.6 cm³/mol. The van der Waals surface area contributed by atoms with Crippen LogP contribution in [0, 0.1) is 0 Å². The largest absolute Gasteiger partial charge is 0.342 e. The molecule has 3 heterocycles. The molecule has 0 atom stereocenters. The minimum Gasteiger partial charge on any atom is -0.342 e. The molecular weight excluding hydrogens is 318 g/mol. The second-order valence-electron chi connectivity index (χ2n) is 6.58. The van der Waals surface area contributed by atoms with E-state index in [-0.39, 0.29) is 5.91 Å². The second kappa shape index (κ2) is 7.18. The molecule has 1 aromatic heterocycles. The fourth-order valence-electron chi connectivity index (χ4n) is 3.48. The summed E-state index contributed by atoms with van der Waals surface area (Å²) in [5.41, 5.74) is 0.953. The molecule has 2 aromatic rings. The Morgan fingerprint density at radius 2 is 1.68 bits per heavy atom. The average molecular weight is 341 g/mol. The van der Waals surface area contributed by atoms with E-state index in [4.69, 9.17) is 0 Å². The van der Waals surface area contributed by atoms with Crippen molar-refractivity contribution in [3.8, 4) is 5.69 Å². The van der Waals surface area contributed by atoms with E-state index in [0.717, 1.165) is 63.7 Å². The van der Waals surface area contributed by atoms with E-state index >= 15 is 0 Å². The number of para-hydroxylation sites is 1. The summed E-state index contributed by atoms with van der Waals surface area (Å²) in [5.74, 6) is 1.02. The molecule has 0 radical (unpaired) electrons. The second-order valence-corrected chi connectivity index (χ2v) is 6.58. The van der Waals surface area contributed by atoms with E-state index in [0.29, 0.717) is 6.54 Å². The van der Waals surface area contributed by atoms with Crippen molar-refractivity contribution in [1.29, 1.82) is 0 Å². The SMILES string of the molecule is O=C(CN1CCN(c2nnnn2-c2ccccc2)CC1)N1CCCC1. The third-order valence-corrected chi connectivity index (χ3v) is 4.93. The average Bonchev–Trinajstić information content (AvgIpc) is 3.35. The molecule has 2 aliphatic heterocycles. The van der Waals surface area contributed by atoms with Gasteiger partial charge in [-0.1, -0.05) is 23.3 Å². The Morgan fingerprint density at radius 1 is 0.960 bits per heavy atom. The van der Waals surface area contributed by atoms with Crippen molar-refractivity contribution >= 4 is 11.9 Å². The standard InChI is InChI=1S/C17H23N7O/c25-16(22-8-4-5-9-22)14-21-10-12-23(13-11-21)17-18-19-20-24(17)15-6-2-1-3-7-15/h1-3,6-7H,4-5,8-14H2. The van der Waals surface area contributed by atoms with E-state index in [1.165, 1.54) is 0 Å². The highest BCUT2D eigenvalue weighted by molar-refractivity contribution is 5.78. The molecule has 2 aliphatic rings. The molecule has 8 heteroatoms. The molecule has 4 rings (SSSR count). The van der Waals surface area contributed by atoms with E-state index in [1.807, 2.05) is 35.2 Å². The summed E-state index contributed by atoms with van der Waals surface area (Å²) >= 11 is 0. The molecular formula is C17H23N7O. The first-order chi connectivity index (χ1) is 12.3. The van der Waals surface area contributed by atoms with Gasteiger partial charge in [-0.25, -0.2) is 0 Å². The van der Waals surface area contributed by atoms with E-state index < -0.39 is 0 Å². The van der Waals surface area contributed by atoms with Crippen molar-refractivity contribution < 1.29 is 4.79 Å².